The first kappa shape index (κ1) is 14.3. The van der Waals surface area contributed by atoms with Crippen LogP contribution in [0.5, 0.6) is 0 Å². The zero-order valence-electron chi connectivity index (χ0n) is 10.9. The van der Waals surface area contributed by atoms with Gasteiger partial charge >= 0.3 is 0 Å². The van der Waals surface area contributed by atoms with Gasteiger partial charge in [0.2, 0.25) is 0 Å². The first-order chi connectivity index (χ1) is 7.62. The maximum absolute atomic E-state index is 2.39. The summed E-state index contributed by atoms with van der Waals surface area (Å²) in [7, 11) is 4.29. The van der Waals surface area contributed by atoms with Gasteiger partial charge in [-0.1, -0.05) is 43.3 Å². The highest BCUT2D eigenvalue weighted by atomic mass is 35.5. The molecule has 0 aromatic heterocycles. The molecule has 1 atom stereocenters. The third kappa shape index (κ3) is 3.11. The maximum atomic E-state index is 2.39. The Kier molecular flexibility index (Phi) is 4.79. The third-order valence-electron chi connectivity index (χ3n) is 3.59. The predicted octanol–water partition coefficient (Wildman–Crippen LogP) is 3.73. The summed E-state index contributed by atoms with van der Waals surface area (Å²) in [6, 6.07) is 8.79. The van der Waals surface area contributed by atoms with Crippen LogP contribution in [-0.4, -0.2) is 25.5 Å². The van der Waals surface area contributed by atoms with Crippen LogP contribution in [-0.2, 0) is 5.41 Å². The molecule has 0 radical (unpaired) electrons. The van der Waals surface area contributed by atoms with Gasteiger partial charge in [-0.2, -0.15) is 0 Å². The van der Waals surface area contributed by atoms with E-state index in [9.17, 15) is 0 Å². The van der Waals surface area contributed by atoms with Crippen molar-refractivity contribution in [2.24, 2.45) is 0 Å². The highest BCUT2D eigenvalue weighted by Crippen LogP contribution is 2.37. The minimum absolute atomic E-state index is 0. The Labute approximate surface area is 111 Å². The van der Waals surface area contributed by atoms with Crippen molar-refractivity contribution < 1.29 is 0 Å². The summed E-state index contributed by atoms with van der Waals surface area (Å²) in [5, 5.41) is 0. The molecule has 17 heavy (non-hydrogen) atoms. The molecule has 1 aliphatic carbocycles. The van der Waals surface area contributed by atoms with Gasteiger partial charge in [-0.3, -0.25) is 0 Å². The van der Waals surface area contributed by atoms with E-state index >= 15 is 0 Å². The van der Waals surface area contributed by atoms with Crippen LogP contribution in [0.2, 0.25) is 0 Å². The Bertz CT molecular complexity index is 398. The molecule has 0 aliphatic heterocycles. The molecular formula is C15H22ClN. The van der Waals surface area contributed by atoms with Gasteiger partial charge in [-0.15, -0.1) is 12.4 Å². The monoisotopic (exact) mass is 251 g/mol. The normalized spacial score (nSPS) is 22.1. The largest absolute Gasteiger partial charge is 0.309 e. The number of fused-ring (bicyclic) bond motifs is 1. The van der Waals surface area contributed by atoms with Gasteiger partial charge in [-0.05, 0) is 50.0 Å². The number of rotatable bonds is 3. The fourth-order valence-electron chi connectivity index (χ4n) is 2.46. The van der Waals surface area contributed by atoms with Crippen LogP contribution < -0.4 is 0 Å². The summed E-state index contributed by atoms with van der Waals surface area (Å²) in [5.74, 6) is 0. The average Bonchev–Trinajstić information content (AvgIpc) is 2.27. The van der Waals surface area contributed by atoms with Gasteiger partial charge in [0.1, 0.15) is 0 Å². The van der Waals surface area contributed by atoms with Crippen LogP contribution >= 0.6 is 12.4 Å². The molecule has 94 valence electrons. The Morgan fingerprint density at radius 3 is 2.65 bits per heavy atom. The topological polar surface area (TPSA) is 3.24 Å². The molecule has 1 aromatic rings. The van der Waals surface area contributed by atoms with Crippen LogP contribution in [0.25, 0.3) is 6.08 Å². The predicted molar refractivity (Wildman–Crippen MR) is 77.9 cm³/mol. The number of nitrogens with zero attached hydrogens (tertiary/aromatic N) is 1. The molecule has 2 rings (SSSR count). The highest BCUT2D eigenvalue weighted by Gasteiger charge is 2.29. The van der Waals surface area contributed by atoms with Gasteiger partial charge in [0.15, 0.2) is 0 Å². The Hall–Kier alpha value is -0.790. The van der Waals surface area contributed by atoms with E-state index in [0.29, 0.717) is 5.41 Å². The van der Waals surface area contributed by atoms with Crippen molar-refractivity contribution in [3.05, 3.63) is 41.5 Å². The summed E-state index contributed by atoms with van der Waals surface area (Å²) in [6.07, 6.45) is 6.96. The molecule has 1 aliphatic rings. The molecule has 0 amide bonds. The fourth-order valence-corrected chi connectivity index (χ4v) is 2.46. The van der Waals surface area contributed by atoms with Crippen LogP contribution in [0.15, 0.2) is 30.3 Å². The van der Waals surface area contributed by atoms with Gasteiger partial charge in [0.25, 0.3) is 0 Å². The molecule has 0 spiro atoms. The van der Waals surface area contributed by atoms with Crippen LogP contribution in [0.1, 0.15) is 30.9 Å². The summed E-state index contributed by atoms with van der Waals surface area (Å²) >= 11 is 0. The molecule has 1 unspecified atom stereocenters. The second kappa shape index (κ2) is 5.70. The molecule has 0 bridgehead atoms. The van der Waals surface area contributed by atoms with Crippen LogP contribution in [0.3, 0.4) is 0 Å². The van der Waals surface area contributed by atoms with Crippen molar-refractivity contribution in [2.45, 2.75) is 25.2 Å². The second-order valence-corrected chi connectivity index (χ2v) is 5.31. The van der Waals surface area contributed by atoms with E-state index < -0.39 is 0 Å². The zero-order chi connectivity index (χ0) is 11.6. The number of benzene rings is 1. The minimum atomic E-state index is 0. The van der Waals surface area contributed by atoms with Gasteiger partial charge in [0.05, 0.1) is 0 Å². The van der Waals surface area contributed by atoms with Crippen molar-refractivity contribution in [3.63, 3.8) is 0 Å². The quantitative estimate of drug-likeness (QED) is 0.791. The smallest absolute Gasteiger partial charge is 0.00163 e. The number of halogens is 1. The van der Waals surface area contributed by atoms with Crippen molar-refractivity contribution in [1.29, 1.82) is 0 Å². The third-order valence-corrected chi connectivity index (χ3v) is 3.59. The SMILES string of the molecule is CN(C)CCC1(C)CC=Cc2ccccc21.Cl. The number of hydrogen-bond acceptors (Lipinski definition) is 1. The first-order valence-electron chi connectivity index (χ1n) is 6.03. The first-order valence-corrected chi connectivity index (χ1v) is 6.03. The van der Waals surface area contributed by atoms with E-state index in [2.05, 4.69) is 62.3 Å². The Balaban J connectivity index is 0.00000144. The molecule has 0 N–H and O–H groups in total. The lowest BCUT2D eigenvalue weighted by atomic mass is 9.72. The minimum Gasteiger partial charge on any atom is -0.309 e. The van der Waals surface area contributed by atoms with E-state index in [1.165, 1.54) is 17.5 Å². The maximum Gasteiger partial charge on any atom is -0.00163 e. The van der Waals surface area contributed by atoms with Crippen LogP contribution in [0.4, 0.5) is 0 Å². The molecule has 1 nitrogen and oxygen atoms in total. The molecule has 2 heteroatoms. The highest BCUT2D eigenvalue weighted by molar-refractivity contribution is 5.85. The van der Waals surface area contributed by atoms with E-state index in [1.54, 1.807) is 0 Å². The van der Waals surface area contributed by atoms with Gasteiger partial charge in [0, 0.05) is 0 Å². The summed E-state index contributed by atoms with van der Waals surface area (Å²) in [4.78, 5) is 2.27. The van der Waals surface area contributed by atoms with Crippen molar-refractivity contribution >= 4 is 18.5 Å². The van der Waals surface area contributed by atoms with E-state index in [4.69, 9.17) is 0 Å². The molecule has 0 fully saturated rings. The van der Waals surface area contributed by atoms with E-state index in [1.807, 2.05) is 0 Å². The number of hydrogen-bond donors (Lipinski definition) is 0. The molecule has 1 aromatic carbocycles. The van der Waals surface area contributed by atoms with Crippen molar-refractivity contribution in [2.75, 3.05) is 20.6 Å². The van der Waals surface area contributed by atoms with E-state index in [-0.39, 0.29) is 12.4 Å². The summed E-state index contributed by atoms with van der Waals surface area (Å²) < 4.78 is 0. The molecular weight excluding hydrogens is 230 g/mol. The Morgan fingerprint density at radius 1 is 1.24 bits per heavy atom. The average molecular weight is 252 g/mol. The van der Waals surface area contributed by atoms with Gasteiger partial charge in [-0.25, -0.2) is 0 Å². The standard InChI is InChI=1S/C15H21N.ClH/c1-15(11-12-16(2)3)10-6-8-13-7-4-5-9-14(13)15;/h4-9H,10-12H2,1-3H3;1H. The fraction of sp³-hybridized carbons (Fsp3) is 0.467. The lowest BCUT2D eigenvalue weighted by molar-refractivity contribution is 0.328. The van der Waals surface area contributed by atoms with Crippen LogP contribution in [0, 0.1) is 0 Å². The second-order valence-electron chi connectivity index (χ2n) is 5.31. The van der Waals surface area contributed by atoms with Gasteiger partial charge < -0.3 is 4.90 Å². The summed E-state index contributed by atoms with van der Waals surface area (Å²) in [6.45, 7) is 3.54. The summed E-state index contributed by atoms with van der Waals surface area (Å²) in [5.41, 5.74) is 3.23. The zero-order valence-corrected chi connectivity index (χ0v) is 11.8. The lowest BCUT2D eigenvalue weighted by Gasteiger charge is -2.34. The van der Waals surface area contributed by atoms with Crippen molar-refractivity contribution in [1.82, 2.24) is 4.90 Å². The number of allylic oxidation sites excluding steroid dienone is 1. The Morgan fingerprint density at radius 2 is 1.94 bits per heavy atom. The lowest BCUT2D eigenvalue weighted by Crippen LogP contribution is -2.29. The molecule has 0 saturated heterocycles. The van der Waals surface area contributed by atoms with Crippen molar-refractivity contribution in [3.8, 4) is 0 Å². The molecule has 0 heterocycles. The molecule has 0 saturated carbocycles. The van der Waals surface area contributed by atoms with E-state index in [0.717, 1.165) is 13.0 Å².